The van der Waals surface area contributed by atoms with E-state index < -0.39 is 7.38 Å². The van der Waals surface area contributed by atoms with E-state index in [9.17, 15) is 0 Å². The summed E-state index contributed by atoms with van der Waals surface area (Å²) in [6.45, 7) is 6.20. The molecule has 0 aromatic rings. The van der Waals surface area contributed by atoms with E-state index in [2.05, 4.69) is 13.1 Å². The second-order valence-corrected chi connectivity index (χ2v) is 9.11. The fourth-order valence-electron chi connectivity index (χ4n) is 1.23. The van der Waals surface area contributed by atoms with Crippen LogP contribution in [0.25, 0.3) is 0 Å². The standard InChI is InChI=1S/C7H13ClSi/c1-7-5-3-4-6-9(7,2)8/h1,3-6H2,2H3. The molecule has 0 radical (unpaired) electrons. The molecule has 1 unspecified atom stereocenters. The van der Waals surface area contributed by atoms with Gasteiger partial charge in [0, 0.05) is 0 Å². The van der Waals surface area contributed by atoms with Gasteiger partial charge in [-0.05, 0) is 12.5 Å². The lowest BCUT2D eigenvalue weighted by atomic mass is 10.2. The minimum Gasteiger partial charge on any atom is -0.162 e. The van der Waals surface area contributed by atoms with Crippen molar-refractivity contribution in [1.29, 1.82) is 0 Å². The molecule has 0 nitrogen and oxygen atoms in total. The predicted octanol–water partition coefficient (Wildman–Crippen LogP) is 3.08. The minimum absolute atomic E-state index is 1.19. The molecule has 0 aliphatic carbocycles. The fourth-order valence-corrected chi connectivity index (χ4v) is 3.88. The molecule has 1 rings (SSSR count). The number of rotatable bonds is 0. The molecule has 0 N–H and O–H groups in total. The van der Waals surface area contributed by atoms with Crippen molar-refractivity contribution in [3.05, 3.63) is 11.8 Å². The summed E-state index contributed by atoms with van der Waals surface area (Å²) in [5, 5.41) is 1.36. The lowest BCUT2D eigenvalue weighted by Crippen LogP contribution is -2.28. The second kappa shape index (κ2) is 2.47. The fraction of sp³-hybridized carbons (Fsp3) is 0.714. The molecular formula is C7H13ClSi. The van der Waals surface area contributed by atoms with Crippen molar-refractivity contribution in [1.82, 2.24) is 0 Å². The Labute approximate surface area is 62.6 Å². The molecule has 9 heavy (non-hydrogen) atoms. The molecule has 1 fully saturated rings. The summed E-state index contributed by atoms with van der Waals surface area (Å²) in [6, 6.07) is 1.24. The van der Waals surface area contributed by atoms with Crippen molar-refractivity contribution in [2.75, 3.05) is 0 Å². The van der Waals surface area contributed by atoms with Crippen molar-refractivity contribution in [3.8, 4) is 0 Å². The van der Waals surface area contributed by atoms with E-state index in [4.69, 9.17) is 11.1 Å². The van der Waals surface area contributed by atoms with Crippen LogP contribution in [-0.2, 0) is 0 Å². The van der Waals surface area contributed by atoms with Gasteiger partial charge in [0.25, 0.3) is 0 Å². The Bertz CT molecular complexity index is 129. The third-order valence-corrected chi connectivity index (χ3v) is 6.50. The van der Waals surface area contributed by atoms with Gasteiger partial charge in [0.05, 0.1) is 0 Å². The topological polar surface area (TPSA) is 0 Å². The van der Waals surface area contributed by atoms with Crippen LogP contribution in [0.4, 0.5) is 0 Å². The normalized spacial score (nSPS) is 36.9. The minimum atomic E-state index is -1.42. The number of hydrogen-bond donors (Lipinski definition) is 0. The van der Waals surface area contributed by atoms with E-state index in [1.165, 1.54) is 30.5 Å². The third-order valence-electron chi connectivity index (χ3n) is 2.11. The highest BCUT2D eigenvalue weighted by Gasteiger charge is 2.30. The highest BCUT2D eigenvalue weighted by atomic mass is 35.6. The van der Waals surface area contributed by atoms with Gasteiger partial charge in [-0.3, -0.25) is 0 Å². The maximum Gasteiger partial charge on any atom is 0.179 e. The third kappa shape index (κ3) is 1.59. The van der Waals surface area contributed by atoms with Crippen LogP contribution < -0.4 is 0 Å². The summed E-state index contributed by atoms with van der Waals surface area (Å²) in [4.78, 5) is 0. The van der Waals surface area contributed by atoms with Gasteiger partial charge in [0.15, 0.2) is 7.38 Å². The average molecular weight is 161 g/mol. The second-order valence-electron chi connectivity index (χ2n) is 3.01. The molecule has 0 bridgehead atoms. The van der Waals surface area contributed by atoms with E-state index >= 15 is 0 Å². The average Bonchev–Trinajstić information content (AvgIpc) is 1.77. The molecular weight excluding hydrogens is 148 g/mol. The summed E-state index contributed by atoms with van der Waals surface area (Å²) in [5.74, 6) is 0. The number of halogens is 1. The molecule has 1 heterocycles. The first-order valence-corrected chi connectivity index (χ1v) is 7.22. The van der Waals surface area contributed by atoms with Crippen LogP contribution in [0, 0.1) is 0 Å². The van der Waals surface area contributed by atoms with Crippen LogP contribution in [0.15, 0.2) is 11.8 Å². The zero-order valence-electron chi connectivity index (χ0n) is 5.91. The van der Waals surface area contributed by atoms with E-state index in [-0.39, 0.29) is 0 Å². The first-order chi connectivity index (χ1) is 4.13. The first-order valence-electron chi connectivity index (χ1n) is 3.50. The molecule has 2 heteroatoms. The van der Waals surface area contributed by atoms with Crippen molar-refractivity contribution in [2.45, 2.75) is 31.9 Å². The molecule has 1 aliphatic rings. The summed E-state index contributed by atoms with van der Waals surface area (Å²) in [7, 11) is -1.42. The molecule has 1 aliphatic heterocycles. The quantitative estimate of drug-likeness (QED) is 0.378. The lowest BCUT2D eigenvalue weighted by Gasteiger charge is -2.26. The molecule has 1 saturated heterocycles. The first kappa shape index (κ1) is 7.36. The van der Waals surface area contributed by atoms with Crippen molar-refractivity contribution in [3.63, 3.8) is 0 Å². The summed E-state index contributed by atoms with van der Waals surface area (Å²) in [6.07, 6.45) is 3.83. The SMILES string of the molecule is C=C1CCCC[Si]1(C)Cl. The van der Waals surface area contributed by atoms with E-state index in [1.54, 1.807) is 0 Å². The van der Waals surface area contributed by atoms with Gasteiger partial charge in [0.1, 0.15) is 0 Å². The van der Waals surface area contributed by atoms with Gasteiger partial charge in [-0.25, -0.2) is 0 Å². The van der Waals surface area contributed by atoms with Gasteiger partial charge in [-0.15, -0.1) is 6.58 Å². The van der Waals surface area contributed by atoms with Gasteiger partial charge >= 0.3 is 0 Å². The smallest absolute Gasteiger partial charge is 0.162 e. The van der Waals surface area contributed by atoms with Gasteiger partial charge in [-0.1, -0.05) is 24.6 Å². The largest absolute Gasteiger partial charge is 0.179 e. The van der Waals surface area contributed by atoms with Gasteiger partial charge in [0.2, 0.25) is 0 Å². The maximum atomic E-state index is 6.26. The molecule has 0 aromatic carbocycles. The summed E-state index contributed by atoms with van der Waals surface area (Å²) in [5.41, 5.74) is 0. The van der Waals surface area contributed by atoms with Crippen LogP contribution in [0.5, 0.6) is 0 Å². The molecule has 0 spiro atoms. The van der Waals surface area contributed by atoms with Crippen molar-refractivity contribution < 1.29 is 0 Å². The Balaban J connectivity index is 2.60. The Kier molecular flexibility index (Phi) is 2.02. The highest BCUT2D eigenvalue weighted by molar-refractivity contribution is 7.23. The Hall–Kier alpha value is 0.247. The van der Waals surface area contributed by atoms with Crippen molar-refractivity contribution >= 4 is 18.5 Å². The number of allylic oxidation sites excluding steroid dienone is 1. The Morgan fingerprint density at radius 2 is 2.22 bits per heavy atom. The van der Waals surface area contributed by atoms with Gasteiger partial charge < -0.3 is 0 Å². The molecule has 0 amide bonds. The lowest BCUT2D eigenvalue weighted by molar-refractivity contribution is 0.768. The maximum absolute atomic E-state index is 6.26. The van der Waals surface area contributed by atoms with E-state index in [0.29, 0.717) is 0 Å². The molecule has 52 valence electrons. The monoisotopic (exact) mass is 160 g/mol. The summed E-state index contributed by atoms with van der Waals surface area (Å²) >= 11 is 6.26. The van der Waals surface area contributed by atoms with E-state index in [0.717, 1.165) is 0 Å². The van der Waals surface area contributed by atoms with Crippen molar-refractivity contribution in [2.24, 2.45) is 0 Å². The van der Waals surface area contributed by atoms with Crippen LogP contribution in [0.1, 0.15) is 19.3 Å². The molecule has 0 saturated carbocycles. The van der Waals surface area contributed by atoms with Crippen LogP contribution in [0.3, 0.4) is 0 Å². The van der Waals surface area contributed by atoms with Crippen LogP contribution in [-0.4, -0.2) is 7.38 Å². The van der Waals surface area contributed by atoms with Gasteiger partial charge in [-0.2, -0.15) is 11.1 Å². The predicted molar refractivity (Wildman–Crippen MR) is 45.3 cm³/mol. The Morgan fingerprint density at radius 1 is 1.56 bits per heavy atom. The highest BCUT2D eigenvalue weighted by Crippen LogP contribution is 2.33. The zero-order chi connectivity index (χ0) is 6.91. The zero-order valence-corrected chi connectivity index (χ0v) is 7.67. The van der Waals surface area contributed by atoms with E-state index in [1.807, 2.05) is 0 Å². The van der Waals surface area contributed by atoms with Crippen LogP contribution in [0.2, 0.25) is 12.6 Å². The molecule has 1 atom stereocenters. The number of hydrogen-bond acceptors (Lipinski definition) is 0. The summed E-state index contributed by atoms with van der Waals surface area (Å²) < 4.78 is 0. The molecule has 0 aromatic heterocycles. The van der Waals surface area contributed by atoms with Crippen LogP contribution >= 0.6 is 11.1 Å². The Morgan fingerprint density at radius 3 is 2.56 bits per heavy atom.